The van der Waals surface area contributed by atoms with E-state index in [2.05, 4.69) is 15.8 Å². The number of carbonyl (C=O) groups is 1. The van der Waals surface area contributed by atoms with E-state index in [0.29, 0.717) is 42.7 Å². The Labute approximate surface area is 192 Å². The summed E-state index contributed by atoms with van der Waals surface area (Å²) < 4.78 is 39.7. The number of nitrogens with zero attached hydrogens (tertiary/aromatic N) is 1. The van der Waals surface area contributed by atoms with Gasteiger partial charge in [-0.3, -0.25) is 9.78 Å². The predicted octanol–water partition coefficient (Wildman–Crippen LogP) is 3.58. The second-order valence-electron chi connectivity index (χ2n) is 8.15. The van der Waals surface area contributed by atoms with Crippen LogP contribution in [0.4, 0.5) is 0 Å². The molecule has 170 valence electrons. The minimum absolute atomic E-state index is 0.0350. The summed E-state index contributed by atoms with van der Waals surface area (Å²) in [5.74, 6) is -0.560. The number of ether oxygens (including phenoxy) is 2. The van der Waals surface area contributed by atoms with Crippen LogP contribution in [0.25, 0.3) is 16.5 Å². The molecule has 1 aliphatic carbocycles. The molecule has 2 heterocycles. The van der Waals surface area contributed by atoms with E-state index >= 15 is 0 Å². The zero-order valence-corrected chi connectivity index (χ0v) is 19.0. The van der Waals surface area contributed by atoms with Crippen molar-refractivity contribution in [3.05, 3.63) is 71.4 Å². The van der Waals surface area contributed by atoms with E-state index in [1.165, 1.54) is 11.6 Å². The lowest BCUT2D eigenvalue weighted by molar-refractivity contribution is -0.120. The summed E-state index contributed by atoms with van der Waals surface area (Å²) in [4.78, 5) is 17.5. The molecule has 2 aliphatic rings. The monoisotopic (exact) mass is 464 g/mol. The molecular weight excluding hydrogens is 440 g/mol. The first-order valence-electron chi connectivity index (χ1n) is 10.9. The Balaban J connectivity index is 1.49. The van der Waals surface area contributed by atoms with Crippen LogP contribution in [0.1, 0.15) is 35.4 Å². The Morgan fingerprint density at radius 2 is 2.03 bits per heavy atom. The number of pyridine rings is 1. The lowest BCUT2D eigenvalue weighted by Crippen LogP contribution is -2.34. The summed E-state index contributed by atoms with van der Waals surface area (Å²) >= 11 is 0. The standard InChI is InChI=1S/C25H24N2O5S/c1-31-22-10-9-17(16-11-14-32-15-12-16)18-7-8-20(24(18)22)25(28)27-33(29,30)23-6-2-5-21-19(23)4-3-13-26-21/h2-6,9-11,13,20H,7-8,12,14-15H2,1H3,(H,27,28). The smallest absolute Gasteiger partial charge is 0.264 e. The van der Waals surface area contributed by atoms with Crippen LogP contribution >= 0.6 is 0 Å². The molecule has 0 spiro atoms. The predicted molar refractivity (Wildman–Crippen MR) is 125 cm³/mol. The van der Waals surface area contributed by atoms with Crippen LogP contribution in [0.2, 0.25) is 0 Å². The third-order valence-electron chi connectivity index (χ3n) is 6.32. The highest BCUT2D eigenvalue weighted by Crippen LogP contribution is 2.44. The number of rotatable bonds is 5. The van der Waals surface area contributed by atoms with Gasteiger partial charge in [0.1, 0.15) is 5.75 Å². The summed E-state index contributed by atoms with van der Waals surface area (Å²) in [5, 5.41) is 0.471. The Morgan fingerprint density at radius 3 is 2.82 bits per heavy atom. The maximum atomic E-state index is 13.3. The first-order valence-corrected chi connectivity index (χ1v) is 12.4. The molecule has 1 aromatic heterocycles. The highest BCUT2D eigenvalue weighted by molar-refractivity contribution is 7.90. The minimum atomic E-state index is -4.08. The summed E-state index contributed by atoms with van der Waals surface area (Å²) in [6.45, 7) is 1.23. The van der Waals surface area contributed by atoms with Gasteiger partial charge in [0, 0.05) is 17.1 Å². The van der Waals surface area contributed by atoms with Crippen LogP contribution in [0.5, 0.6) is 5.75 Å². The molecule has 5 rings (SSSR count). The van der Waals surface area contributed by atoms with Crippen LogP contribution in [-0.2, 0) is 26.0 Å². The number of fused-ring (bicyclic) bond motifs is 2. The average molecular weight is 465 g/mol. The number of hydrogen-bond donors (Lipinski definition) is 1. The number of amides is 1. The second kappa shape index (κ2) is 8.61. The number of carbonyl (C=O) groups excluding carboxylic acids is 1. The number of aromatic nitrogens is 1. The van der Waals surface area contributed by atoms with Crippen LogP contribution in [0.3, 0.4) is 0 Å². The van der Waals surface area contributed by atoms with Gasteiger partial charge < -0.3 is 9.47 Å². The van der Waals surface area contributed by atoms with Crippen molar-refractivity contribution in [1.29, 1.82) is 0 Å². The van der Waals surface area contributed by atoms with Crippen molar-refractivity contribution in [2.45, 2.75) is 30.1 Å². The SMILES string of the molecule is COc1ccc(C2=CCOCC2)c2c1C(C(=O)NS(=O)(=O)c1cccc3ncccc13)CC2. The molecule has 7 nitrogen and oxygen atoms in total. The van der Waals surface area contributed by atoms with Crippen molar-refractivity contribution >= 4 is 32.4 Å². The third kappa shape index (κ3) is 3.89. The number of nitrogens with one attached hydrogen (secondary N) is 1. The molecule has 3 aromatic rings. The van der Waals surface area contributed by atoms with E-state index in [-0.39, 0.29) is 4.90 Å². The molecule has 2 aromatic carbocycles. The van der Waals surface area contributed by atoms with Gasteiger partial charge in [-0.05, 0) is 66.3 Å². The zero-order valence-electron chi connectivity index (χ0n) is 18.2. The van der Waals surface area contributed by atoms with Gasteiger partial charge in [-0.25, -0.2) is 13.1 Å². The minimum Gasteiger partial charge on any atom is -0.496 e. The first kappa shape index (κ1) is 21.6. The van der Waals surface area contributed by atoms with Crippen molar-refractivity contribution in [2.24, 2.45) is 0 Å². The van der Waals surface area contributed by atoms with Gasteiger partial charge in [0.2, 0.25) is 5.91 Å². The highest BCUT2D eigenvalue weighted by Gasteiger charge is 2.36. The third-order valence-corrected chi connectivity index (χ3v) is 7.73. The van der Waals surface area contributed by atoms with Crippen molar-refractivity contribution in [2.75, 3.05) is 20.3 Å². The van der Waals surface area contributed by atoms with Crippen LogP contribution in [0.15, 0.2) is 59.6 Å². The summed E-state index contributed by atoms with van der Waals surface area (Å²) in [7, 11) is -2.52. The van der Waals surface area contributed by atoms with Crippen molar-refractivity contribution in [3.8, 4) is 5.75 Å². The fraction of sp³-hybridized carbons (Fsp3) is 0.280. The van der Waals surface area contributed by atoms with Crippen LogP contribution in [-0.4, -0.2) is 39.6 Å². The van der Waals surface area contributed by atoms with E-state index in [0.717, 1.165) is 23.1 Å². The lowest BCUT2D eigenvalue weighted by Gasteiger charge is -2.20. The molecule has 1 N–H and O–H groups in total. The van der Waals surface area contributed by atoms with E-state index in [9.17, 15) is 13.2 Å². The highest BCUT2D eigenvalue weighted by atomic mass is 32.2. The van der Waals surface area contributed by atoms with Crippen molar-refractivity contribution < 1.29 is 22.7 Å². The molecule has 1 amide bonds. The molecule has 0 bridgehead atoms. The van der Waals surface area contributed by atoms with E-state index < -0.39 is 21.8 Å². The van der Waals surface area contributed by atoms with Gasteiger partial charge in [0.15, 0.2) is 0 Å². The summed E-state index contributed by atoms with van der Waals surface area (Å²) in [6, 6.07) is 12.1. The maximum Gasteiger partial charge on any atom is 0.264 e. The molecule has 0 fully saturated rings. The molecule has 1 aliphatic heterocycles. The van der Waals surface area contributed by atoms with Gasteiger partial charge in [0.25, 0.3) is 10.0 Å². The Kier molecular flexibility index (Phi) is 5.64. The molecule has 1 atom stereocenters. The van der Waals surface area contributed by atoms with Gasteiger partial charge in [0.05, 0.1) is 36.7 Å². The normalized spacial score (nSPS) is 18.0. The number of benzene rings is 2. The Bertz CT molecular complexity index is 1380. The summed E-state index contributed by atoms with van der Waals surface area (Å²) in [6.07, 6.45) is 5.67. The zero-order chi connectivity index (χ0) is 23.0. The van der Waals surface area contributed by atoms with Crippen LogP contribution in [0, 0.1) is 0 Å². The van der Waals surface area contributed by atoms with Gasteiger partial charge in [-0.15, -0.1) is 0 Å². The molecule has 8 heteroatoms. The van der Waals surface area contributed by atoms with E-state index in [4.69, 9.17) is 9.47 Å². The first-order chi connectivity index (χ1) is 16.0. The Morgan fingerprint density at radius 1 is 1.15 bits per heavy atom. The maximum absolute atomic E-state index is 13.3. The average Bonchev–Trinajstić information content (AvgIpc) is 3.29. The lowest BCUT2D eigenvalue weighted by atomic mass is 9.91. The quantitative estimate of drug-likeness (QED) is 0.620. The van der Waals surface area contributed by atoms with Gasteiger partial charge in [-0.1, -0.05) is 18.2 Å². The van der Waals surface area contributed by atoms with E-state index in [1.807, 2.05) is 12.1 Å². The Hall–Kier alpha value is -3.23. The van der Waals surface area contributed by atoms with E-state index in [1.54, 1.807) is 37.6 Å². The fourth-order valence-corrected chi connectivity index (χ4v) is 6.05. The molecule has 0 saturated heterocycles. The van der Waals surface area contributed by atoms with Crippen molar-refractivity contribution in [1.82, 2.24) is 9.71 Å². The molecule has 0 saturated carbocycles. The second-order valence-corrected chi connectivity index (χ2v) is 9.80. The van der Waals surface area contributed by atoms with Crippen molar-refractivity contribution in [3.63, 3.8) is 0 Å². The number of hydrogen-bond acceptors (Lipinski definition) is 6. The van der Waals surface area contributed by atoms with Crippen LogP contribution < -0.4 is 9.46 Å². The summed E-state index contributed by atoms with van der Waals surface area (Å²) in [5.41, 5.74) is 4.66. The topological polar surface area (TPSA) is 94.6 Å². The molecule has 1 unspecified atom stereocenters. The largest absolute Gasteiger partial charge is 0.496 e. The molecular formula is C25H24N2O5S. The molecule has 0 radical (unpaired) electrons. The van der Waals surface area contributed by atoms with Gasteiger partial charge in [-0.2, -0.15) is 0 Å². The fourth-order valence-electron chi connectivity index (χ4n) is 4.81. The number of sulfonamides is 1. The number of methoxy groups -OCH3 is 1. The molecule has 33 heavy (non-hydrogen) atoms. The van der Waals surface area contributed by atoms with Gasteiger partial charge >= 0.3 is 0 Å².